The normalized spacial score (nSPS) is 17.8. The Morgan fingerprint density at radius 3 is 2.71 bits per heavy atom. The molecule has 0 saturated carbocycles. The minimum atomic E-state index is -0.0350. The van der Waals surface area contributed by atoms with E-state index in [1.807, 2.05) is 36.1 Å². The van der Waals surface area contributed by atoms with Crippen LogP contribution in [0.2, 0.25) is 0 Å². The highest BCUT2D eigenvalue weighted by Gasteiger charge is 2.25. The predicted octanol–water partition coefficient (Wildman–Crippen LogP) is 1.91. The fraction of sp³-hybridized carbons (Fsp3) is 0.357. The van der Waals surface area contributed by atoms with Crippen molar-refractivity contribution in [3.8, 4) is 0 Å². The topological polar surface area (TPSA) is 58.1 Å². The number of hydrogen-bond donors (Lipinski definition) is 1. The molecule has 1 fully saturated rings. The summed E-state index contributed by atoms with van der Waals surface area (Å²) in [5.74, 6) is -0.0350. The fourth-order valence-electron chi connectivity index (χ4n) is 2.35. The van der Waals surface area contributed by atoms with Gasteiger partial charge in [-0.15, -0.1) is 24.8 Å². The maximum atomic E-state index is 12.4. The molecule has 2 aromatic rings. The average Bonchev–Trinajstić information content (AvgIpc) is 2.46. The maximum Gasteiger partial charge on any atom is 0.274 e. The van der Waals surface area contributed by atoms with Gasteiger partial charge in [-0.25, -0.2) is 4.98 Å². The Balaban J connectivity index is 0.00000110. The summed E-state index contributed by atoms with van der Waals surface area (Å²) in [4.78, 5) is 23.0. The van der Waals surface area contributed by atoms with Crippen LogP contribution in [0.5, 0.6) is 0 Å². The number of halogens is 2. The third-order valence-corrected chi connectivity index (χ3v) is 3.43. The highest BCUT2D eigenvalue weighted by molar-refractivity contribution is 5.94. The Morgan fingerprint density at radius 1 is 1.29 bits per heavy atom. The molecular formula is C14H18Cl2N4O. The second-order valence-corrected chi connectivity index (χ2v) is 4.80. The number of aromatic nitrogens is 2. The number of piperazine rings is 1. The summed E-state index contributed by atoms with van der Waals surface area (Å²) < 4.78 is 0. The van der Waals surface area contributed by atoms with E-state index in [4.69, 9.17) is 0 Å². The molecule has 1 aliphatic heterocycles. The van der Waals surface area contributed by atoms with Gasteiger partial charge in [-0.05, 0) is 19.1 Å². The lowest BCUT2D eigenvalue weighted by Crippen LogP contribution is -2.52. The Morgan fingerprint density at radius 2 is 2.00 bits per heavy atom. The van der Waals surface area contributed by atoms with Gasteiger partial charge < -0.3 is 10.2 Å². The summed E-state index contributed by atoms with van der Waals surface area (Å²) in [6.45, 7) is 4.41. The van der Waals surface area contributed by atoms with Gasteiger partial charge >= 0.3 is 0 Å². The van der Waals surface area contributed by atoms with E-state index in [2.05, 4.69) is 15.3 Å². The quantitative estimate of drug-likeness (QED) is 0.868. The molecule has 1 aromatic carbocycles. The number of amides is 1. The molecule has 1 atom stereocenters. The summed E-state index contributed by atoms with van der Waals surface area (Å²) in [6.07, 6.45) is 1.57. The van der Waals surface area contributed by atoms with Crippen LogP contribution >= 0.6 is 24.8 Å². The van der Waals surface area contributed by atoms with Crippen molar-refractivity contribution in [1.29, 1.82) is 0 Å². The van der Waals surface area contributed by atoms with E-state index in [1.54, 1.807) is 6.20 Å². The standard InChI is InChI=1S/C14H16N4O.2ClH/c1-10-8-15-6-7-18(10)14(19)13-9-16-11-4-2-3-5-12(11)17-13;;/h2-5,9-10,15H,6-8H2,1H3;2*1H. The van der Waals surface area contributed by atoms with Crippen LogP contribution in [-0.4, -0.2) is 46.5 Å². The lowest BCUT2D eigenvalue weighted by atomic mass is 10.2. The highest BCUT2D eigenvalue weighted by atomic mass is 35.5. The molecule has 0 spiro atoms. The highest BCUT2D eigenvalue weighted by Crippen LogP contribution is 2.12. The number of benzene rings is 1. The number of carbonyl (C=O) groups excluding carboxylic acids is 1. The first-order chi connectivity index (χ1) is 9.25. The monoisotopic (exact) mass is 328 g/mol. The van der Waals surface area contributed by atoms with Crippen LogP contribution < -0.4 is 5.32 Å². The van der Waals surface area contributed by atoms with Gasteiger partial charge in [-0.1, -0.05) is 12.1 Å². The molecule has 1 saturated heterocycles. The summed E-state index contributed by atoms with van der Waals surface area (Å²) >= 11 is 0. The van der Waals surface area contributed by atoms with Crippen molar-refractivity contribution < 1.29 is 4.79 Å². The second kappa shape index (κ2) is 7.54. The Kier molecular flexibility index (Phi) is 6.33. The number of fused-ring (bicyclic) bond motifs is 1. The van der Waals surface area contributed by atoms with Crippen LogP contribution in [0.4, 0.5) is 0 Å². The molecule has 21 heavy (non-hydrogen) atoms. The van der Waals surface area contributed by atoms with Gasteiger partial charge in [0.25, 0.3) is 5.91 Å². The van der Waals surface area contributed by atoms with Crippen molar-refractivity contribution in [2.45, 2.75) is 13.0 Å². The van der Waals surface area contributed by atoms with Gasteiger partial charge in [-0.2, -0.15) is 0 Å². The first-order valence-electron chi connectivity index (χ1n) is 6.49. The molecule has 3 rings (SSSR count). The van der Waals surface area contributed by atoms with Crippen LogP contribution in [-0.2, 0) is 0 Å². The van der Waals surface area contributed by atoms with Crippen LogP contribution in [0.15, 0.2) is 30.5 Å². The molecule has 7 heteroatoms. The Labute approximate surface area is 136 Å². The molecular weight excluding hydrogens is 311 g/mol. The van der Waals surface area contributed by atoms with E-state index in [1.165, 1.54) is 0 Å². The Bertz CT molecular complexity index is 623. The third kappa shape index (κ3) is 3.61. The van der Waals surface area contributed by atoms with Crippen LogP contribution in [0, 0.1) is 0 Å². The zero-order valence-corrected chi connectivity index (χ0v) is 13.3. The first-order valence-corrected chi connectivity index (χ1v) is 6.49. The van der Waals surface area contributed by atoms with E-state index in [0.717, 1.165) is 24.1 Å². The molecule has 0 bridgehead atoms. The smallest absolute Gasteiger partial charge is 0.274 e. The van der Waals surface area contributed by atoms with E-state index < -0.39 is 0 Å². The fourth-order valence-corrected chi connectivity index (χ4v) is 2.35. The van der Waals surface area contributed by atoms with Gasteiger partial charge in [0.2, 0.25) is 0 Å². The lowest BCUT2D eigenvalue weighted by Gasteiger charge is -2.33. The van der Waals surface area contributed by atoms with Crippen molar-refractivity contribution in [2.24, 2.45) is 0 Å². The van der Waals surface area contributed by atoms with Gasteiger partial charge in [0.1, 0.15) is 5.69 Å². The van der Waals surface area contributed by atoms with Gasteiger partial charge in [0.05, 0.1) is 17.2 Å². The third-order valence-electron chi connectivity index (χ3n) is 3.43. The number of nitrogens with one attached hydrogen (secondary N) is 1. The van der Waals surface area contributed by atoms with Crippen molar-refractivity contribution in [3.05, 3.63) is 36.2 Å². The number of hydrogen-bond acceptors (Lipinski definition) is 4. The van der Waals surface area contributed by atoms with E-state index in [-0.39, 0.29) is 36.8 Å². The maximum absolute atomic E-state index is 12.4. The van der Waals surface area contributed by atoms with Gasteiger partial charge in [-0.3, -0.25) is 9.78 Å². The van der Waals surface area contributed by atoms with E-state index >= 15 is 0 Å². The Hall–Kier alpha value is -1.43. The molecule has 114 valence electrons. The zero-order chi connectivity index (χ0) is 13.2. The van der Waals surface area contributed by atoms with Crippen molar-refractivity contribution in [3.63, 3.8) is 0 Å². The van der Waals surface area contributed by atoms with Crippen molar-refractivity contribution in [2.75, 3.05) is 19.6 Å². The van der Waals surface area contributed by atoms with Crippen LogP contribution in [0.3, 0.4) is 0 Å². The van der Waals surface area contributed by atoms with Gasteiger partial charge in [0.15, 0.2) is 0 Å². The molecule has 1 aromatic heterocycles. The second-order valence-electron chi connectivity index (χ2n) is 4.80. The molecule has 2 heterocycles. The molecule has 1 unspecified atom stereocenters. The van der Waals surface area contributed by atoms with Crippen molar-refractivity contribution in [1.82, 2.24) is 20.2 Å². The molecule has 0 radical (unpaired) electrons. The van der Waals surface area contributed by atoms with Crippen LogP contribution in [0.1, 0.15) is 17.4 Å². The molecule has 1 N–H and O–H groups in total. The minimum absolute atomic E-state index is 0. The zero-order valence-electron chi connectivity index (χ0n) is 11.7. The number of rotatable bonds is 1. The van der Waals surface area contributed by atoms with E-state index in [9.17, 15) is 4.79 Å². The summed E-state index contributed by atoms with van der Waals surface area (Å²) in [5, 5.41) is 3.27. The van der Waals surface area contributed by atoms with Crippen LogP contribution in [0.25, 0.3) is 11.0 Å². The summed E-state index contributed by atoms with van der Waals surface area (Å²) in [7, 11) is 0. The molecule has 0 aliphatic carbocycles. The minimum Gasteiger partial charge on any atom is -0.332 e. The number of nitrogens with zero attached hydrogens (tertiary/aromatic N) is 3. The predicted molar refractivity (Wildman–Crippen MR) is 87.4 cm³/mol. The number of para-hydroxylation sites is 2. The van der Waals surface area contributed by atoms with Gasteiger partial charge in [0, 0.05) is 25.7 Å². The summed E-state index contributed by atoms with van der Waals surface area (Å²) in [6, 6.07) is 7.77. The van der Waals surface area contributed by atoms with E-state index in [0.29, 0.717) is 12.2 Å². The summed E-state index contributed by atoms with van der Waals surface area (Å²) in [5.41, 5.74) is 2.00. The molecule has 5 nitrogen and oxygen atoms in total. The SMILES string of the molecule is CC1CNCCN1C(=O)c1cnc2ccccc2n1.Cl.Cl. The van der Waals surface area contributed by atoms with Crippen molar-refractivity contribution >= 4 is 41.8 Å². The first kappa shape index (κ1) is 17.6. The molecule has 1 aliphatic rings. The lowest BCUT2D eigenvalue weighted by molar-refractivity contribution is 0.0649. The number of carbonyl (C=O) groups is 1. The molecule has 1 amide bonds. The largest absolute Gasteiger partial charge is 0.332 e. The average molecular weight is 329 g/mol.